The molecule has 2 N–H and O–H groups in total. The van der Waals surface area contributed by atoms with Gasteiger partial charge in [-0.2, -0.15) is 0 Å². The quantitative estimate of drug-likeness (QED) is 0.579. The van der Waals surface area contributed by atoms with Crippen LogP contribution in [-0.2, 0) is 6.54 Å². The molecule has 9 heteroatoms. The lowest BCUT2D eigenvalue weighted by atomic mass is 10.1. The highest BCUT2D eigenvalue weighted by Crippen LogP contribution is 2.23. The smallest absolute Gasteiger partial charge is 0.338 e. The van der Waals surface area contributed by atoms with Gasteiger partial charge < -0.3 is 10.2 Å². The second-order valence-electron chi connectivity index (χ2n) is 3.46. The molecule has 0 spiro atoms. The number of nitro benzene ring substituents is 1. The second-order valence-corrected chi connectivity index (χ2v) is 3.46. The average molecular weight is 252 g/mol. The maximum Gasteiger partial charge on any atom is 0.338 e. The summed E-state index contributed by atoms with van der Waals surface area (Å²) in [6, 6.07) is 2.09. The Labute approximate surface area is 99.4 Å². The van der Waals surface area contributed by atoms with Gasteiger partial charge in [0, 0.05) is 12.1 Å². The van der Waals surface area contributed by atoms with Crippen molar-refractivity contribution in [3.05, 3.63) is 27.8 Å². The number of non-ortho nitro benzene ring substituents is 1. The Kier molecular flexibility index (Phi) is 2.90. The fraction of sp³-hybridized carbons (Fsp3) is 0.222. The Morgan fingerprint density at radius 3 is 2.78 bits per heavy atom. The van der Waals surface area contributed by atoms with Crippen LogP contribution in [0, 0.1) is 10.1 Å². The van der Waals surface area contributed by atoms with Gasteiger partial charge in [0.1, 0.15) is 11.0 Å². The van der Waals surface area contributed by atoms with E-state index in [2.05, 4.69) is 10.3 Å². The molecule has 0 saturated heterocycles. The van der Waals surface area contributed by atoms with Crippen molar-refractivity contribution in [1.29, 1.82) is 0 Å². The minimum absolute atomic E-state index is 0.0641. The Balaban J connectivity index is 2.75. The van der Waals surface area contributed by atoms with E-state index in [0.29, 0.717) is 0 Å². The molecule has 0 aliphatic rings. The van der Waals surface area contributed by atoms with Gasteiger partial charge in [-0.15, -0.1) is 5.10 Å². The molecular weight excluding hydrogens is 244 g/mol. The standard InChI is InChI=1S/C9H8N4O5/c14-2-1-12-8-6(9(15)16)3-5(13(17)18)4-7(8)10-11-12/h3-4,14H,1-2H2,(H,15,16). The average Bonchev–Trinajstić information content (AvgIpc) is 2.71. The molecule has 0 saturated carbocycles. The zero-order valence-corrected chi connectivity index (χ0v) is 8.98. The van der Waals surface area contributed by atoms with Crippen LogP contribution in [-0.4, -0.2) is 42.7 Å². The number of carbonyl (C=O) groups is 1. The summed E-state index contributed by atoms with van der Waals surface area (Å²) in [4.78, 5) is 21.1. The maximum absolute atomic E-state index is 11.1. The number of hydrogen-bond donors (Lipinski definition) is 2. The summed E-state index contributed by atoms with van der Waals surface area (Å²) in [5.41, 5.74) is -0.370. The van der Waals surface area contributed by atoms with E-state index in [9.17, 15) is 14.9 Å². The van der Waals surface area contributed by atoms with Gasteiger partial charge >= 0.3 is 5.97 Å². The molecule has 0 atom stereocenters. The number of fused-ring (bicyclic) bond motifs is 1. The van der Waals surface area contributed by atoms with E-state index in [1.807, 2.05) is 0 Å². The number of nitrogens with zero attached hydrogens (tertiary/aromatic N) is 4. The number of aromatic carboxylic acids is 1. The molecule has 2 rings (SSSR count). The summed E-state index contributed by atoms with van der Waals surface area (Å²) in [7, 11) is 0. The lowest BCUT2D eigenvalue weighted by Gasteiger charge is -2.02. The van der Waals surface area contributed by atoms with E-state index in [1.165, 1.54) is 4.68 Å². The Morgan fingerprint density at radius 2 is 2.22 bits per heavy atom. The second kappa shape index (κ2) is 4.37. The molecule has 1 aromatic heterocycles. The van der Waals surface area contributed by atoms with Crippen LogP contribution in [0.3, 0.4) is 0 Å². The molecule has 0 radical (unpaired) electrons. The number of benzene rings is 1. The largest absolute Gasteiger partial charge is 0.478 e. The Morgan fingerprint density at radius 1 is 1.50 bits per heavy atom. The number of aliphatic hydroxyl groups is 1. The van der Waals surface area contributed by atoms with Gasteiger partial charge in [0.05, 0.1) is 23.6 Å². The third-order valence-electron chi connectivity index (χ3n) is 2.35. The van der Waals surface area contributed by atoms with Gasteiger partial charge in [-0.25, -0.2) is 9.48 Å². The molecule has 18 heavy (non-hydrogen) atoms. The van der Waals surface area contributed by atoms with Crippen molar-refractivity contribution in [2.24, 2.45) is 0 Å². The molecule has 1 aromatic carbocycles. The molecule has 94 valence electrons. The molecule has 0 fully saturated rings. The molecule has 0 aliphatic heterocycles. The number of aliphatic hydroxyl groups excluding tert-OH is 1. The van der Waals surface area contributed by atoms with Crippen molar-refractivity contribution in [3.63, 3.8) is 0 Å². The molecule has 1 heterocycles. The fourth-order valence-corrected chi connectivity index (χ4v) is 1.62. The van der Waals surface area contributed by atoms with Gasteiger partial charge in [-0.3, -0.25) is 10.1 Å². The molecule has 0 aliphatic carbocycles. The van der Waals surface area contributed by atoms with Gasteiger partial charge in [0.2, 0.25) is 0 Å². The summed E-state index contributed by atoms with van der Waals surface area (Å²) in [5.74, 6) is -1.31. The van der Waals surface area contributed by atoms with Gasteiger partial charge in [0.15, 0.2) is 0 Å². The molecule has 0 bridgehead atoms. The van der Waals surface area contributed by atoms with Crippen molar-refractivity contribution >= 4 is 22.7 Å². The monoisotopic (exact) mass is 252 g/mol. The lowest BCUT2D eigenvalue weighted by molar-refractivity contribution is -0.384. The van der Waals surface area contributed by atoms with Gasteiger partial charge in [-0.1, -0.05) is 5.21 Å². The highest BCUT2D eigenvalue weighted by Gasteiger charge is 2.20. The van der Waals surface area contributed by atoms with E-state index in [-0.39, 0.29) is 35.4 Å². The van der Waals surface area contributed by atoms with Crippen molar-refractivity contribution in [3.8, 4) is 0 Å². The third kappa shape index (κ3) is 1.86. The van der Waals surface area contributed by atoms with E-state index >= 15 is 0 Å². The maximum atomic E-state index is 11.1. The van der Waals surface area contributed by atoms with Gasteiger partial charge in [-0.05, 0) is 0 Å². The third-order valence-corrected chi connectivity index (χ3v) is 2.35. The first-order valence-electron chi connectivity index (χ1n) is 4.90. The molecule has 2 aromatic rings. The number of carboxylic acid groups (broad SMARTS) is 1. The van der Waals surface area contributed by atoms with Crippen LogP contribution in [0.15, 0.2) is 12.1 Å². The first kappa shape index (κ1) is 11.9. The van der Waals surface area contributed by atoms with Crippen LogP contribution < -0.4 is 0 Å². The van der Waals surface area contributed by atoms with Crippen LogP contribution in [0.25, 0.3) is 11.0 Å². The van der Waals surface area contributed by atoms with Crippen LogP contribution >= 0.6 is 0 Å². The van der Waals surface area contributed by atoms with Crippen molar-refractivity contribution < 1.29 is 19.9 Å². The SMILES string of the molecule is O=C(O)c1cc([N+](=O)[O-])cc2nnn(CCO)c12. The molecule has 0 amide bonds. The minimum Gasteiger partial charge on any atom is -0.478 e. The van der Waals surface area contributed by atoms with Crippen LogP contribution in [0.1, 0.15) is 10.4 Å². The van der Waals surface area contributed by atoms with E-state index < -0.39 is 10.9 Å². The zero-order chi connectivity index (χ0) is 13.3. The van der Waals surface area contributed by atoms with Gasteiger partial charge in [0.25, 0.3) is 5.69 Å². The van der Waals surface area contributed by atoms with E-state index in [1.54, 1.807) is 0 Å². The van der Waals surface area contributed by atoms with E-state index in [0.717, 1.165) is 12.1 Å². The lowest BCUT2D eigenvalue weighted by Crippen LogP contribution is -2.08. The Bertz CT molecular complexity index is 635. The summed E-state index contributed by atoms with van der Waals surface area (Å²) in [5, 5.41) is 35.8. The first-order chi connectivity index (χ1) is 8.54. The zero-order valence-electron chi connectivity index (χ0n) is 8.98. The van der Waals surface area contributed by atoms with Crippen LogP contribution in [0.4, 0.5) is 5.69 Å². The topological polar surface area (TPSA) is 131 Å². The van der Waals surface area contributed by atoms with Crippen LogP contribution in [0.2, 0.25) is 0 Å². The summed E-state index contributed by atoms with van der Waals surface area (Å²) in [6.07, 6.45) is 0. The number of aromatic nitrogens is 3. The highest BCUT2D eigenvalue weighted by atomic mass is 16.6. The predicted molar refractivity (Wildman–Crippen MR) is 58.2 cm³/mol. The number of carboxylic acids is 1. The fourth-order valence-electron chi connectivity index (χ4n) is 1.62. The Hall–Kier alpha value is -2.55. The summed E-state index contributed by atoms with van der Waals surface area (Å²) in [6.45, 7) is -0.177. The van der Waals surface area contributed by atoms with Crippen LogP contribution in [0.5, 0.6) is 0 Å². The van der Waals surface area contributed by atoms with Crippen molar-refractivity contribution in [1.82, 2.24) is 15.0 Å². The van der Waals surface area contributed by atoms with E-state index in [4.69, 9.17) is 10.2 Å². The molecule has 9 nitrogen and oxygen atoms in total. The normalized spacial score (nSPS) is 10.7. The predicted octanol–water partition coefficient (Wildman–Crippen LogP) is 0.0300. The molecule has 0 unspecified atom stereocenters. The number of hydrogen-bond acceptors (Lipinski definition) is 6. The minimum atomic E-state index is -1.31. The highest BCUT2D eigenvalue weighted by molar-refractivity contribution is 6.02. The number of rotatable bonds is 4. The van der Waals surface area contributed by atoms with Crippen molar-refractivity contribution in [2.45, 2.75) is 6.54 Å². The number of nitro groups is 1. The molecular formula is C9H8N4O5. The summed E-state index contributed by atoms with van der Waals surface area (Å²) >= 11 is 0. The summed E-state index contributed by atoms with van der Waals surface area (Å²) < 4.78 is 1.20. The first-order valence-corrected chi connectivity index (χ1v) is 4.90. The van der Waals surface area contributed by atoms with Crippen molar-refractivity contribution in [2.75, 3.05) is 6.61 Å².